The number of carbonyl (C=O) groups is 1. The average Bonchev–Trinajstić information content (AvgIpc) is 3.21. The Balaban J connectivity index is 1.59. The highest BCUT2D eigenvalue weighted by atomic mass is 35.5. The Kier molecular flexibility index (Phi) is 5.92. The quantitative estimate of drug-likeness (QED) is 0.465. The number of benzene rings is 2. The fourth-order valence-electron chi connectivity index (χ4n) is 3.07. The van der Waals surface area contributed by atoms with Crippen molar-refractivity contribution in [3.05, 3.63) is 70.2 Å². The van der Waals surface area contributed by atoms with Crippen LogP contribution in [0.25, 0.3) is 20.7 Å². The third kappa shape index (κ3) is 4.40. The zero-order valence-electron chi connectivity index (χ0n) is 16.7. The van der Waals surface area contributed by atoms with E-state index in [2.05, 4.69) is 10.3 Å². The second-order valence-corrected chi connectivity index (χ2v) is 8.11. The van der Waals surface area contributed by atoms with Crippen LogP contribution in [0.3, 0.4) is 0 Å². The van der Waals surface area contributed by atoms with Crippen LogP contribution in [-0.2, 0) is 11.3 Å². The van der Waals surface area contributed by atoms with E-state index in [1.165, 1.54) is 36.5 Å². The lowest BCUT2D eigenvalue weighted by atomic mass is 10.2. The van der Waals surface area contributed by atoms with Crippen molar-refractivity contribution in [3.63, 3.8) is 0 Å². The number of hydrogen-bond acceptors (Lipinski definition) is 6. The molecule has 1 amide bonds. The molecule has 0 radical (unpaired) electrons. The maximum Gasteiger partial charge on any atom is 0.271 e. The van der Waals surface area contributed by atoms with Crippen LogP contribution in [-0.4, -0.2) is 29.7 Å². The van der Waals surface area contributed by atoms with E-state index in [4.69, 9.17) is 21.1 Å². The molecule has 0 atom stereocenters. The number of fused-ring (bicyclic) bond motifs is 1. The maximum atomic E-state index is 12.9. The molecular formula is C22H18ClN3O4S. The van der Waals surface area contributed by atoms with Gasteiger partial charge in [0.05, 0.1) is 31.8 Å². The van der Waals surface area contributed by atoms with Gasteiger partial charge in [-0.3, -0.25) is 14.2 Å². The highest BCUT2D eigenvalue weighted by molar-refractivity contribution is 7.22. The molecule has 0 aliphatic heterocycles. The normalized spacial score (nSPS) is 10.8. The highest BCUT2D eigenvalue weighted by Crippen LogP contribution is 2.31. The Morgan fingerprint density at radius 3 is 2.61 bits per heavy atom. The number of rotatable bonds is 6. The Bertz CT molecular complexity index is 1310. The molecule has 0 spiro atoms. The van der Waals surface area contributed by atoms with Crippen LogP contribution < -0.4 is 20.3 Å². The number of thiophene rings is 1. The van der Waals surface area contributed by atoms with E-state index in [-0.39, 0.29) is 18.0 Å². The summed E-state index contributed by atoms with van der Waals surface area (Å²) in [6.07, 6.45) is 1.38. The molecule has 0 saturated carbocycles. The number of aromatic nitrogens is 2. The Labute approximate surface area is 186 Å². The Morgan fingerprint density at radius 1 is 1.13 bits per heavy atom. The molecule has 158 valence electrons. The van der Waals surface area contributed by atoms with Gasteiger partial charge >= 0.3 is 0 Å². The van der Waals surface area contributed by atoms with Gasteiger partial charge < -0.3 is 14.8 Å². The molecule has 1 N–H and O–H groups in total. The third-order valence-electron chi connectivity index (χ3n) is 4.63. The predicted octanol–water partition coefficient (Wildman–Crippen LogP) is 4.43. The first-order chi connectivity index (χ1) is 15.0. The Morgan fingerprint density at radius 2 is 1.90 bits per heavy atom. The predicted molar refractivity (Wildman–Crippen MR) is 123 cm³/mol. The van der Waals surface area contributed by atoms with Crippen molar-refractivity contribution in [2.45, 2.75) is 6.54 Å². The smallest absolute Gasteiger partial charge is 0.271 e. The summed E-state index contributed by atoms with van der Waals surface area (Å²) in [6, 6.07) is 14.3. The lowest BCUT2D eigenvalue weighted by Crippen LogP contribution is -2.27. The monoisotopic (exact) mass is 455 g/mol. The lowest BCUT2D eigenvalue weighted by molar-refractivity contribution is -0.116. The first kappa shape index (κ1) is 20.9. The molecule has 31 heavy (non-hydrogen) atoms. The van der Waals surface area contributed by atoms with Gasteiger partial charge in [0, 0.05) is 16.0 Å². The van der Waals surface area contributed by atoms with Gasteiger partial charge in [0.15, 0.2) is 0 Å². The van der Waals surface area contributed by atoms with Gasteiger partial charge in [0.2, 0.25) is 5.91 Å². The van der Waals surface area contributed by atoms with E-state index < -0.39 is 0 Å². The number of anilines is 1. The lowest BCUT2D eigenvalue weighted by Gasteiger charge is -2.12. The van der Waals surface area contributed by atoms with Crippen LogP contribution in [0.5, 0.6) is 11.5 Å². The SMILES string of the molecule is COc1ccc(OC)c(NC(=O)Cn2cnc3cc(-c4ccc(Cl)cc4)sc3c2=O)c1. The molecule has 0 aliphatic rings. The summed E-state index contributed by atoms with van der Waals surface area (Å²) in [5.74, 6) is 0.676. The number of ether oxygens (including phenoxy) is 2. The van der Waals surface area contributed by atoms with Gasteiger partial charge in [-0.1, -0.05) is 23.7 Å². The number of carbonyl (C=O) groups excluding carboxylic acids is 1. The van der Waals surface area contributed by atoms with E-state index in [1.807, 2.05) is 18.2 Å². The molecule has 2 aromatic heterocycles. The molecule has 7 nitrogen and oxygen atoms in total. The zero-order chi connectivity index (χ0) is 22.0. The fraction of sp³-hybridized carbons (Fsp3) is 0.136. The summed E-state index contributed by atoms with van der Waals surface area (Å²) in [7, 11) is 3.04. The van der Waals surface area contributed by atoms with Crippen LogP contribution in [0.1, 0.15) is 0 Å². The van der Waals surface area contributed by atoms with Crippen molar-refractivity contribution in [1.82, 2.24) is 9.55 Å². The standard InChI is InChI=1S/C22H18ClN3O4S/c1-29-15-7-8-18(30-2)16(9-15)25-20(27)11-26-12-24-17-10-19(31-21(17)22(26)28)13-3-5-14(23)6-4-13/h3-10,12H,11H2,1-2H3,(H,25,27). The molecule has 2 heterocycles. The van der Waals surface area contributed by atoms with Crippen molar-refractivity contribution >= 4 is 44.7 Å². The average molecular weight is 456 g/mol. The van der Waals surface area contributed by atoms with Gasteiger partial charge in [-0.25, -0.2) is 4.98 Å². The van der Waals surface area contributed by atoms with Gasteiger partial charge in [0.1, 0.15) is 22.7 Å². The molecule has 4 aromatic rings. The molecular weight excluding hydrogens is 438 g/mol. The highest BCUT2D eigenvalue weighted by Gasteiger charge is 2.14. The first-order valence-corrected chi connectivity index (χ1v) is 10.4. The van der Waals surface area contributed by atoms with Crippen molar-refractivity contribution in [2.24, 2.45) is 0 Å². The number of amides is 1. The molecule has 9 heteroatoms. The van der Waals surface area contributed by atoms with Gasteiger partial charge in [0.25, 0.3) is 5.56 Å². The molecule has 2 aromatic carbocycles. The third-order valence-corrected chi connectivity index (χ3v) is 6.04. The minimum absolute atomic E-state index is 0.184. The maximum absolute atomic E-state index is 12.9. The van der Waals surface area contributed by atoms with Gasteiger partial charge in [-0.05, 0) is 35.9 Å². The first-order valence-electron chi connectivity index (χ1n) is 9.25. The van der Waals surface area contributed by atoms with Crippen molar-refractivity contribution in [1.29, 1.82) is 0 Å². The fourth-order valence-corrected chi connectivity index (χ4v) is 4.26. The van der Waals surface area contributed by atoms with E-state index in [1.54, 1.807) is 30.3 Å². The Hall–Kier alpha value is -3.36. The van der Waals surface area contributed by atoms with E-state index in [0.717, 1.165) is 10.4 Å². The van der Waals surface area contributed by atoms with Gasteiger partial charge in [-0.2, -0.15) is 0 Å². The van der Waals surface area contributed by atoms with Crippen LogP contribution >= 0.6 is 22.9 Å². The number of hydrogen-bond donors (Lipinski definition) is 1. The summed E-state index contributed by atoms with van der Waals surface area (Å²) in [5.41, 5.74) is 1.71. The summed E-state index contributed by atoms with van der Waals surface area (Å²) in [5, 5.41) is 3.40. The van der Waals surface area contributed by atoms with Crippen LogP contribution in [0, 0.1) is 0 Å². The second-order valence-electron chi connectivity index (χ2n) is 6.62. The van der Waals surface area contributed by atoms with Crippen molar-refractivity contribution in [3.8, 4) is 21.9 Å². The van der Waals surface area contributed by atoms with Crippen LogP contribution in [0.2, 0.25) is 5.02 Å². The van der Waals surface area contributed by atoms with E-state index in [0.29, 0.717) is 32.4 Å². The van der Waals surface area contributed by atoms with E-state index in [9.17, 15) is 9.59 Å². The van der Waals surface area contributed by atoms with Gasteiger partial charge in [-0.15, -0.1) is 11.3 Å². The van der Waals surface area contributed by atoms with Crippen molar-refractivity contribution < 1.29 is 14.3 Å². The minimum Gasteiger partial charge on any atom is -0.497 e. The molecule has 0 saturated heterocycles. The molecule has 0 bridgehead atoms. The number of halogens is 1. The zero-order valence-corrected chi connectivity index (χ0v) is 18.3. The summed E-state index contributed by atoms with van der Waals surface area (Å²) < 4.78 is 12.2. The summed E-state index contributed by atoms with van der Waals surface area (Å²) in [4.78, 5) is 30.8. The topological polar surface area (TPSA) is 82.4 Å². The van der Waals surface area contributed by atoms with Crippen LogP contribution in [0.15, 0.2) is 59.7 Å². The molecule has 0 aliphatic carbocycles. The van der Waals surface area contributed by atoms with E-state index >= 15 is 0 Å². The minimum atomic E-state index is -0.385. The number of methoxy groups -OCH3 is 2. The van der Waals surface area contributed by atoms with Crippen molar-refractivity contribution in [2.75, 3.05) is 19.5 Å². The number of nitrogens with one attached hydrogen (secondary N) is 1. The molecule has 0 unspecified atom stereocenters. The number of nitrogens with zero attached hydrogens (tertiary/aromatic N) is 2. The summed E-state index contributed by atoms with van der Waals surface area (Å²) >= 11 is 7.28. The molecule has 4 rings (SSSR count). The van der Waals surface area contributed by atoms with Crippen LogP contribution in [0.4, 0.5) is 5.69 Å². The second kappa shape index (κ2) is 8.79. The largest absolute Gasteiger partial charge is 0.497 e. The summed E-state index contributed by atoms with van der Waals surface area (Å²) in [6.45, 7) is -0.184. The molecule has 0 fully saturated rings.